The molecule has 184 valence electrons. The van der Waals surface area contributed by atoms with Crippen LogP contribution in [0.15, 0.2) is 24.0 Å². The number of carbonyl (C=O) groups is 4. The minimum absolute atomic E-state index is 0.174. The van der Waals surface area contributed by atoms with Crippen LogP contribution in [0.3, 0.4) is 0 Å². The number of nitrogens with two attached hydrogens (primary N) is 1. The lowest BCUT2D eigenvalue weighted by atomic mass is 10.1. The summed E-state index contributed by atoms with van der Waals surface area (Å²) in [6, 6.07) is 0. The second-order valence-corrected chi connectivity index (χ2v) is 7.96. The molecule has 2 aliphatic rings. The maximum atomic E-state index is 12.4. The van der Waals surface area contributed by atoms with E-state index >= 15 is 0 Å². The molecule has 0 aliphatic carbocycles. The van der Waals surface area contributed by atoms with Gasteiger partial charge in [-0.25, -0.2) is 0 Å². The Labute approximate surface area is 194 Å². The van der Waals surface area contributed by atoms with Crippen molar-refractivity contribution in [3.63, 3.8) is 0 Å². The van der Waals surface area contributed by atoms with Gasteiger partial charge >= 0.3 is 17.9 Å². The minimum atomic E-state index is -1.01. The molecule has 0 aromatic heterocycles. The Morgan fingerprint density at radius 2 is 1.55 bits per heavy atom. The van der Waals surface area contributed by atoms with Crippen LogP contribution < -0.4 is 5.73 Å². The number of hydrogen-bond acceptors (Lipinski definition) is 9. The van der Waals surface area contributed by atoms with E-state index in [4.69, 9.17) is 24.7 Å². The molecule has 0 spiro atoms. The second-order valence-electron chi connectivity index (χ2n) is 7.96. The number of rotatable bonds is 12. The highest BCUT2D eigenvalue weighted by Gasteiger charge is 2.52. The molecule has 2 heterocycles. The molecule has 2 aliphatic heterocycles. The molecule has 0 bridgehead atoms. The summed E-state index contributed by atoms with van der Waals surface area (Å²) < 4.78 is 22.7. The topological polar surface area (TPSA) is 134 Å². The number of primary amides is 1. The van der Waals surface area contributed by atoms with Crippen molar-refractivity contribution in [2.45, 2.75) is 90.3 Å². The summed E-state index contributed by atoms with van der Waals surface area (Å²) in [5.41, 5.74) is 5.77. The highest BCUT2D eigenvalue weighted by Crippen LogP contribution is 2.32. The van der Waals surface area contributed by atoms with Gasteiger partial charge in [-0.2, -0.15) is 0 Å². The summed E-state index contributed by atoms with van der Waals surface area (Å²) in [5.74, 6) is -1.94. The van der Waals surface area contributed by atoms with Crippen molar-refractivity contribution in [2.75, 3.05) is 6.61 Å². The summed E-state index contributed by atoms with van der Waals surface area (Å²) >= 11 is 0. The van der Waals surface area contributed by atoms with Gasteiger partial charge in [-0.05, 0) is 25.7 Å². The van der Waals surface area contributed by atoms with Crippen molar-refractivity contribution >= 4 is 23.8 Å². The number of nitrogens with zero attached hydrogens (tertiary/aromatic N) is 1. The predicted octanol–water partition coefficient (Wildman–Crippen LogP) is 2.07. The van der Waals surface area contributed by atoms with Crippen molar-refractivity contribution in [1.29, 1.82) is 0 Å². The first-order valence-corrected chi connectivity index (χ1v) is 11.4. The van der Waals surface area contributed by atoms with Gasteiger partial charge in [0.15, 0.2) is 18.4 Å². The molecule has 0 radical (unpaired) electrons. The first-order valence-electron chi connectivity index (χ1n) is 11.4. The molecule has 10 heteroatoms. The lowest BCUT2D eigenvalue weighted by Crippen LogP contribution is -2.45. The van der Waals surface area contributed by atoms with Gasteiger partial charge in [0.25, 0.3) is 0 Å². The van der Waals surface area contributed by atoms with Crippen LogP contribution in [0, 0.1) is 0 Å². The van der Waals surface area contributed by atoms with Crippen LogP contribution in [0.5, 0.6) is 0 Å². The molecule has 1 fully saturated rings. The van der Waals surface area contributed by atoms with Gasteiger partial charge in [-0.15, -0.1) is 0 Å². The third-order valence-electron chi connectivity index (χ3n) is 5.12. The quantitative estimate of drug-likeness (QED) is 0.339. The standard InChI is InChI=1S/C23H34N2O8/c1-4-8-17(26)30-14-16-20(32-18(27)9-5-2)21(33-19(28)10-6-3)23(31-16)25-12-7-11-15(13-25)22(24)29/h7,12-13,16,20-21,23H,4-6,8-11,14H2,1-3H3,(H2,24,29)/t16?,20?,21-,23?/m1/s1. The Balaban J connectivity index is 2.33. The van der Waals surface area contributed by atoms with E-state index in [0.29, 0.717) is 31.3 Å². The fraction of sp³-hybridized carbons (Fsp3) is 0.652. The van der Waals surface area contributed by atoms with E-state index in [2.05, 4.69) is 0 Å². The molecule has 10 nitrogen and oxygen atoms in total. The average Bonchev–Trinajstić information content (AvgIpc) is 3.09. The van der Waals surface area contributed by atoms with Crippen molar-refractivity contribution < 1.29 is 38.1 Å². The molecule has 0 aromatic rings. The van der Waals surface area contributed by atoms with Crippen molar-refractivity contribution in [1.82, 2.24) is 4.90 Å². The van der Waals surface area contributed by atoms with Gasteiger partial charge in [-0.3, -0.25) is 19.2 Å². The van der Waals surface area contributed by atoms with E-state index in [0.717, 1.165) is 0 Å². The summed E-state index contributed by atoms with van der Waals surface area (Å²) in [6.45, 7) is 5.36. The molecule has 3 unspecified atom stereocenters. The van der Waals surface area contributed by atoms with E-state index in [-0.39, 0.29) is 25.9 Å². The van der Waals surface area contributed by atoms with Crippen LogP contribution in [0.1, 0.15) is 65.7 Å². The molecule has 4 atom stereocenters. The third-order valence-corrected chi connectivity index (χ3v) is 5.12. The van der Waals surface area contributed by atoms with Crippen molar-refractivity contribution in [3.8, 4) is 0 Å². The minimum Gasteiger partial charge on any atom is -0.463 e. The SMILES string of the molecule is CCCC(=O)OCC1OC(N2C=CCC(C(N)=O)=C2)[C@H](OC(=O)CCC)C1OC(=O)CCC. The van der Waals surface area contributed by atoms with E-state index in [1.165, 1.54) is 6.20 Å². The van der Waals surface area contributed by atoms with Gasteiger partial charge in [0.05, 0.1) is 0 Å². The van der Waals surface area contributed by atoms with Crippen molar-refractivity contribution in [3.05, 3.63) is 24.0 Å². The smallest absolute Gasteiger partial charge is 0.306 e. The van der Waals surface area contributed by atoms with E-state index in [1.54, 1.807) is 17.2 Å². The molecule has 33 heavy (non-hydrogen) atoms. The Kier molecular flexibility index (Phi) is 10.4. The zero-order valence-corrected chi connectivity index (χ0v) is 19.5. The van der Waals surface area contributed by atoms with Crippen LogP contribution in [0.2, 0.25) is 0 Å². The summed E-state index contributed by atoms with van der Waals surface area (Å²) in [7, 11) is 0. The number of allylic oxidation sites excluding steroid dienone is 1. The number of esters is 3. The van der Waals surface area contributed by atoms with E-state index < -0.39 is 48.4 Å². The monoisotopic (exact) mass is 466 g/mol. The number of carbonyl (C=O) groups excluding carboxylic acids is 4. The molecule has 1 amide bonds. The molecule has 2 rings (SSSR count). The Bertz CT molecular complexity index is 778. The Morgan fingerprint density at radius 3 is 2.12 bits per heavy atom. The molecule has 2 N–H and O–H groups in total. The first kappa shape index (κ1) is 26.4. The molecule has 1 saturated heterocycles. The highest BCUT2D eigenvalue weighted by atomic mass is 16.7. The molecular formula is C23H34N2O8. The zero-order chi connectivity index (χ0) is 24.4. The summed E-state index contributed by atoms with van der Waals surface area (Å²) in [4.78, 5) is 49.9. The van der Waals surface area contributed by atoms with Gasteiger partial charge in [-0.1, -0.05) is 26.8 Å². The number of ether oxygens (including phenoxy) is 4. The highest BCUT2D eigenvalue weighted by molar-refractivity contribution is 5.92. The Hall–Kier alpha value is -2.88. The van der Waals surface area contributed by atoms with Crippen LogP contribution in [-0.2, 0) is 38.1 Å². The van der Waals surface area contributed by atoms with Gasteiger partial charge < -0.3 is 29.6 Å². The number of amides is 1. The zero-order valence-electron chi connectivity index (χ0n) is 19.5. The second kappa shape index (κ2) is 13.0. The van der Waals surface area contributed by atoms with Gasteiger partial charge in [0.1, 0.15) is 12.7 Å². The van der Waals surface area contributed by atoms with Gasteiger partial charge in [0, 0.05) is 37.2 Å². The van der Waals surface area contributed by atoms with Gasteiger partial charge in [0.2, 0.25) is 5.91 Å². The summed E-state index contributed by atoms with van der Waals surface area (Å²) in [6.07, 6.45) is 3.85. The predicted molar refractivity (Wildman–Crippen MR) is 117 cm³/mol. The van der Waals surface area contributed by atoms with Crippen molar-refractivity contribution in [2.24, 2.45) is 5.73 Å². The lowest BCUT2D eigenvalue weighted by Gasteiger charge is -2.31. The molecule has 0 aromatic carbocycles. The molecule has 0 saturated carbocycles. The van der Waals surface area contributed by atoms with Crippen LogP contribution >= 0.6 is 0 Å². The number of hydrogen-bond donors (Lipinski definition) is 1. The fourth-order valence-electron chi connectivity index (χ4n) is 3.53. The van der Waals surface area contributed by atoms with E-state index in [9.17, 15) is 19.2 Å². The molecular weight excluding hydrogens is 432 g/mol. The third kappa shape index (κ3) is 7.59. The van der Waals surface area contributed by atoms with E-state index in [1.807, 2.05) is 20.8 Å². The average molecular weight is 467 g/mol. The van der Waals surface area contributed by atoms with Crippen LogP contribution in [-0.4, -0.2) is 59.9 Å². The maximum absolute atomic E-state index is 12.4. The lowest BCUT2D eigenvalue weighted by molar-refractivity contribution is -0.169. The largest absolute Gasteiger partial charge is 0.463 e. The first-order chi connectivity index (χ1) is 15.8. The Morgan fingerprint density at radius 1 is 0.970 bits per heavy atom. The normalized spacial score (nSPS) is 24.2. The van der Waals surface area contributed by atoms with Crippen LogP contribution in [0.25, 0.3) is 0 Å². The maximum Gasteiger partial charge on any atom is 0.306 e. The fourth-order valence-corrected chi connectivity index (χ4v) is 3.53. The summed E-state index contributed by atoms with van der Waals surface area (Å²) in [5, 5.41) is 0. The van der Waals surface area contributed by atoms with Crippen LogP contribution in [0.4, 0.5) is 0 Å².